The Labute approximate surface area is 154 Å². The first-order valence-electron chi connectivity index (χ1n) is 9.04. The van der Waals surface area contributed by atoms with E-state index in [9.17, 15) is 4.79 Å². The predicted octanol–water partition coefficient (Wildman–Crippen LogP) is 3.50. The number of amides is 1. The fourth-order valence-corrected chi connectivity index (χ4v) is 4.37. The van der Waals surface area contributed by atoms with Crippen molar-refractivity contribution < 1.29 is 4.79 Å². The molecule has 134 valence electrons. The van der Waals surface area contributed by atoms with Gasteiger partial charge in [-0.15, -0.1) is 0 Å². The number of thioether (sulfide) groups is 1. The summed E-state index contributed by atoms with van der Waals surface area (Å²) in [5.41, 5.74) is 3.44. The van der Waals surface area contributed by atoms with E-state index in [2.05, 4.69) is 49.9 Å². The van der Waals surface area contributed by atoms with Crippen LogP contribution in [0.4, 0.5) is 0 Å². The highest BCUT2D eigenvalue weighted by atomic mass is 32.2. The molecule has 0 saturated carbocycles. The van der Waals surface area contributed by atoms with Crippen molar-refractivity contribution in [3.8, 4) is 0 Å². The van der Waals surface area contributed by atoms with E-state index in [0.717, 1.165) is 43.3 Å². The molecule has 1 fully saturated rings. The monoisotopic (exact) mass is 357 g/mol. The van der Waals surface area contributed by atoms with Crippen LogP contribution in [0.15, 0.2) is 29.3 Å². The van der Waals surface area contributed by atoms with Crippen LogP contribution in [0.2, 0.25) is 0 Å². The fraction of sp³-hybridized carbons (Fsp3) is 0.500. The second-order valence-electron chi connectivity index (χ2n) is 6.77. The Bertz CT molecular complexity index is 769. The van der Waals surface area contributed by atoms with Crippen molar-refractivity contribution in [3.63, 3.8) is 0 Å². The first-order valence-corrected chi connectivity index (χ1v) is 9.92. The maximum atomic E-state index is 12.8. The number of likely N-dealkylation sites (N-methyl/N-ethyl adjacent to an activating group) is 1. The predicted molar refractivity (Wildman–Crippen MR) is 105 cm³/mol. The fourth-order valence-electron chi connectivity index (χ4n) is 3.36. The first-order chi connectivity index (χ1) is 12.0. The van der Waals surface area contributed by atoms with Gasteiger partial charge in [-0.2, -0.15) is 0 Å². The van der Waals surface area contributed by atoms with E-state index in [1.165, 1.54) is 16.5 Å². The van der Waals surface area contributed by atoms with Crippen LogP contribution in [0.1, 0.15) is 25.0 Å². The zero-order valence-corrected chi connectivity index (χ0v) is 16.4. The second kappa shape index (κ2) is 7.75. The molecule has 5 heteroatoms. The minimum Gasteiger partial charge on any atom is -0.339 e. The lowest BCUT2D eigenvalue weighted by molar-refractivity contribution is -0.132. The molecule has 1 saturated heterocycles. The van der Waals surface area contributed by atoms with Gasteiger partial charge in [-0.05, 0) is 44.5 Å². The Hall–Kier alpha value is -1.59. The summed E-state index contributed by atoms with van der Waals surface area (Å²) in [7, 11) is 0. The van der Waals surface area contributed by atoms with Crippen molar-refractivity contribution in [1.29, 1.82) is 0 Å². The van der Waals surface area contributed by atoms with Gasteiger partial charge >= 0.3 is 0 Å². The number of piperazine rings is 1. The van der Waals surface area contributed by atoms with Gasteiger partial charge in [0, 0.05) is 31.6 Å². The number of carbonyl (C=O) groups excluding carboxylic acids is 1. The SMILES string of the molecule is CCN1CCN(C(=O)[C@H](C)Sc2cc(C)c3cccc(C)c3n2)CC1. The zero-order chi connectivity index (χ0) is 18.0. The van der Waals surface area contributed by atoms with Gasteiger partial charge in [0.05, 0.1) is 15.8 Å². The minimum absolute atomic E-state index is 0.110. The number of pyridine rings is 1. The van der Waals surface area contributed by atoms with Gasteiger partial charge in [0.25, 0.3) is 0 Å². The van der Waals surface area contributed by atoms with Gasteiger partial charge in [0.2, 0.25) is 5.91 Å². The van der Waals surface area contributed by atoms with Crippen LogP contribution in [0.5, 0.6) is 0 Å². The van der Waals surface area contributed by atoms with Gasteiger partial charge in [-0.1, -0.05) is 36.9 Å². The van der Waals surface area contributed by atoms with Gasteiger partial charge in [0.1, 0.15) is 0 Å². The number of nitrogens with zero attached hydrogens (tertiary/aromatic N) is 3. The van der Waals surface area contributed by atoms with Crippen molar-refractivity contribution >= 4 is 28.6 Å². The third-order valence-electron chi connectivity index (χ3n) is 5.00. The number of hydrogen-bond acceptors (Lipinski definition) is 4. The summed E-state index contributed by atoms with van der Waals surface area (Å²) >= 11 is 1.57. The smallest absolute Gasteiger partial charge is 0.235 e. The molecule has 1 aliphatic rings. The third-order valence-corrected chi connectivity index (χ3v) is 6.01. The van der Waals surface area contributed by atoms with Crippen LogP contribution >= 0.6 is 11.8 Å². The quantitative estimate of drug-likeness (QED) is 0.785. The average Bonchev–Trinajstić information content (AvgIpc) is 2.62. The molecule has 0 bridgehead atoms. The average molecular weight is 358 g/mol. The van der Waals surface area contributed by atoms with E-state index in [0.29, 0.717) is 0 Å². The first kappa shape index (κ1) is 18.2. The molecule has 0 spiro atoms. The Morgan fingerprint density at radius 3 is 2.60 bits per heavy atom. The molecule has 0 unspecified atom stereocenters. The number of aryl methyl sites for hydroxylation is 2. The third kappa shape index (κ3) is 3.98. The lowest BCUT2D eigenvalue weighted by Gasteiger charge is -2.35. The van der Waals surface area contributed by atoms with Gasteiger partial charge in [-0.25, -0.2) is 4.98 Å². The number of hydrogen-bond donors (Lipinski definition) is 0. The summed E-state index contributed by atoms with van der Waals surface area (Å²) in [6, 6.07) is 8.37. The molecule has 1 amide bonds. The van der Waals surface area contributed by atoms with Crippen LogP contribution in [0, 0.1) is 13.8 Å². The molecule has 0 aliphatic carbocycles. The number of benzene rings is 1. The Morgan fingerprint density at radius 1 is 1.20 bits per heavy atom. The van der Waals surface area contributed by atoms with E-state index in [4.69, 9.17) is 4.98 Å². The van der Waals surface area contributed by atoms with E-state index in [1.807, 2.05) is 11.8 Å². The van der Waals surface area contributed by atoms with Gasteiger partial charge in [-0.3, -0.25) is 4.79 Å². The van der Waals surface area contributed by atoms with Crippen LogP contribution in [0.25, 0.3) is 10.9 Å². The van der Waals surface area contributed by atoms with E-state index in [-0.39, 0.29) is 11.2 Å². The van der Waals surface area contributed by atoms with Gasteiger partial charge in [0.15, 0.2) is 0 Å². The summed E-state index contributed by atoms with van der Waals surface area (Å²) in [4.78, 5) is 22.0. The van der Waals surface area contributed by atoms with Crippen molar-refractivity contribution in [2.75, 3.05) is 32.7 Å². The maximum absolute atomic E-state index is 12.8. The van der Waals surface area contributed by atoms with E-state index in [1.54, 1.807) is 11.8 Å². The Kier molecular flexibility index (Phi) is 5.64. The van der Waals surface area contributed by atoms with E-state index < -0.39 is 0 Å². The molecular weight excluding hydrogens is 330 g/mol. The molecular formula is C20H27N3OS. The van der Waals surface area contributed by atoms with Crippen molar-refractivity contribution in [2.24, 2.45) is 0 Å². The lowest BCUT2D eigenvalue weighted by Crippen LogP contribution is -2.50. The molecule has 0 N–H and O–H groups in total. The highest BCUT2D eigenvalue weighted by Crippen LogP contribution is 2.28. The largest absolute Gasteiger partial charge is 0.339 e. The second-order valence-corrected chi connectivity index (χ2v) is 8.13. The molecule has 4 nitrogen and oxygen atoms in total. The molecule has 1 aromatic carbocycles. The van der Waals surface area contributed by atoms with Crippen LogP contribution < -0.4 is 0 Å². The molecule has 25 heavy (non-hydrogen) atoms. The highest BCUT2D eigenvalue weighted by Gasteiger charge is 2.25. The van der Waals surface area contributed by atoms with Crippen molar-refractivity contribution in [2.45, 2.75) is 38.0 Å². The molecule has 1 atom stereocenters. The molecule has 1 aliphatic heterocycles. The van der Waals surface area contributed by atoms with Crippen LogP contribution in [0.3, 0.4) is 0 Å². The molecule has 0 radical (unpaired) electrons. The summed E-state index contributed by atoms with van der Waals surface area (Å²) in [6.45, 7) is 13.1. The van der Waals surface area contributed by atoms with Gasteiger partial charge < -0.3 is 9.80 Å². The van der Waals surface area contributed by atoms with E-state index >= 15 is 0 Å². The van der Waals surface area contributed by atoms with Crippen molar-refractivity contribution in [1.82, 2.24) is 14.8 Å². The Morgan fingerprint density at radius 2 is 1.92 bits per heavy atom. The zero-order valence-electron chi connectivity index (χ0n) is 15.6. The Balaban J connectivity index is 1.72. The summed E-state index contributed by atoms with van der Waals surface area (Å²) < 4.78 is 0. The molecule has 2 aromatic rings. The summed E-state index contributed by atoms with van der Waals surface area (Å²) in [5, 5.41) is 2.02. The topological polar surface area (TPSA) is 36.4 Å². The number of carbonyl (C=O) groups is 1. The number of para-hydroxylation sites is 1. The lowest BCUT2D eigenvalue weighted by atomic mass is 10.1. The van der Waals surface area contributed by atoms with Crippen molar-refractivity contribution in [3.05, 3.63) is 35.4 Å². The number of aromatic nitrogens is 1. The molecule has 1 aromatic heterocycles. The molecule has 3 rings (SSSR count). The van der Waals surface area contributed by atoms with Crippen LogP contribution in [-0.4, -0.2) is 58.7 Å². The van der Waals surface area contributed by atoms with Crippen LogP contribution in [-0.2, 0) is 4.79 Å². The standard InChI is InChI=1S/C20H27N3OS/c1-5-22-9-11-23(12-10-22)20(24)16(4)25-18-13-15(3)17-8-6-7-14(2)19(17)21-18/h6-8,13,16H,5,9-12H2,1-4H3/t16-/m0/s1. The number of fused-ring (bicyclic) bond motifs is 1. The summed E-state index contributed by atoms with van der Waals surface area (Å²) in [6.07, 6.45) is 0. The summed E-state index contributed by atoms with van der Waals surface area (Å²) in [5.74, 6) is 0.227. The highest BCUT2D eigenvalue weighted by molar-refractivity contribution is 8.00. The molecule has 2 heterocycles. The number of rotatable bonds is 4. The normalized spacial score (nSPS) is 17.0. The minimum atomic E-state index is -0.110. The maximum Gasteiger partial charge on any atom is 0.235 e.